The SMILES string of the molecule is COc1nc2ccc(C(O)(c3ccc(Cl)cc3)c3cncn3C)cc2c(Cl)c1Cc1ccc(C(F)(F)F)[nH+]c1. The molecule has 0 amide bonds. The maximum absolute atomic E-state index is 13.0. The molecule has 0 saturated heterocycles. The Hall–Kier alpha value is -3.66. The number of H-pyrrole nitrogens is 1. The molecule has 39 heavy (non-hydrogen) atoms. The fraction of sp³-hybridized carbons (Fsp3) is 0.179. The van der Waals surface area contributed by atoms with Crippen molar-refractivity contribution in [1.82, 2.24) is 14.5 Å². The van der Waals surface area contributed by atoms with E-state index in [2.05, 4.69) is 15.0 Å². The molecule has 0 aliphatic heterocycles. The van der Waals surface area contributed by atoms with E-state index in [0.29, 0.717) is 48.9 Å². The lowest BCUT2D eigenvalue weighted by Gasteiger charge is -2.30. The van der Waals surface area contributed by atoms with Crippen LogP contribution in [0, 0.1) is 0 Å². The summed E-state index contributed by atoms with van der Waals surface area (Å²) in [5.41, 5.74) is 0.670. The highest BCUT2D eigenvalue weighted by Crippen LogP contribution is 2.41. The molecule has 1 atom stereocenters. The van der Waals surface area contributed by atoms with Gasteiger partial charge < -0.3 is 14.4 Å². The largest absolute Gasteiger partial charge is 0.481 e. The van der Waals surface area contributed by atoms with Crippen LogP contribution in [0.2, 0.25) is 10.0 Å². The Bertz CT molecular complexity index is 1660. The Morgan fingerprint density at radius 3 is 2.33 bits per heavy atom. The number of imidazole rings is 1. The van der Waals surface area contributed by atoms with Gasteiger partial charge in [0.25, 0.3) is 5.69 Å². The molecular weight excluding hydrogens is 552 g/mol. The number of ether oxygens (including phenoxy) is 1. The second-order valence-corrected chi connectivity index (χ2v) is 9.85. The first-order valence-electron chi connectivity index (χ1n) is 11.7. The van der Waals surface area contributed by atoms with Gasteiger partial charge >= 0.3 is 6.18 Å². The van der Waals surface area contributed by atoms with E-state index < -0.39 is 17.5 Å². The van der Waals surface area contributed by atoms with E-state index in [1.165, 1.54) is 19.4 Å². The van der Waals surface area contributed by atoms with Crippen LogP contribution >= 0.6 is 23.2 Å². The second kappa shape index (κ2) is 10.1. The normalized spacial score (nSPS) is 13.4. The average Bonchev–Trinajstić information content (AvgIpc) is 3.36. The third-order valence-corrected chi connectivity index (χ3v) is 7.29. The van der Waals surface area contributed by atoms with Crippen molar-refractivity contribution >= 4 is 34.1 Å². The van der Waals surface area contributed by atoms with Crippen LogP contribution < -0.4 is 9.72 Å². The second-order valence-electron chi connectivity index (χ2n) is 9.04. The third-order valence-electron chi connectivity index (χ3n) is 6.60. The van der Waals surface area contributed by atoms with Gasteiger partial charge in [0.15, 0.2) is 11.8 Å². The Labute approximate surface area is 231 Å². The molecule has 0 aliphatic rings. The number of aliphatic hydroxyl groups is 1. The average molecular weight is 574 g/mol. The van der Waals surface area contributed by atoms with Gasteiger partial charge in [-0.05, 0) is 41.5 Å². The van der Waals surface area contributed by atoms with Crippen molar-refractivity contribution in [3.05, 3.63) is 117 Å². The van der Waals surface area contributed by atoms with Gasteiger partial charge in [0.1, 0.15) is 0 Å². The van der Waals surface area contributed by atoms with Gasteiger partial charge in [-0.1, -0.05) is 41.4 Å². The Morgan fingerprint density at radius 1 is 1.03 bits per heavy atom. The zero-order valence-electron chi connectivity index (χ0n) is 20.7. The van der Waals surface area contributed by atoms with Crippen molar-refractivity contribution in [2.45, 2.75) is 18.2 Å². The molecule has 3 heterocycles. The van der Waals surface area contributed by atoms with Gasteiger partial charge in [-0.15, -0.1) is 0 Å². The van der Waals surface area contributed by atoms with Crippen molar-refractivity contribution in [2.75, 3.05) is 7.11 Å². The quantitative estimate of drug-likeness (QED) is 0.271. The van der Waals surface area contributed by atoms with E-state index in [9.17, 15) is 18.3 Å². The molecule has 0 radical (unpaired) electrons. The van der Waals surface area contributed by atoms with Crippen LogP contribution in [0.3, 0.4) is 0 Å². The van der Waals surface area contributed by atoms with Gasteiger partial charge in [0.05, 0.1) is 35.9 Å². The lowest BCUT2D eigenvalue weighted by atomic mass is 9.83. The highest BCUT2D eigenvalue weighted by Gasteiger charge is 2.38. The van der Waals surface area contributed by atoms with Crippen LogP contribution in [-0.4, -0.2) is 26.8 Å². The molecule has 6 nitrogen and oxygen atoms in total. The number of fused-ring (bicyclic) bond motifs is 1. The van der Waals surface area contributed by atoms with Crippen molar-refractivity contribution < 1.29 is 28.0 Å². The van der Waals surface area contributed by atoms with Crippen LogP contribution in [-0.2, 0) is 25.2 Å². The summed E-state index contributed by atoms with van der Waals surface area (Å²) in [5, 5.41) is 13.6. The summed E-state index contributed by atoms with van der Waals surface area (Å²) in [6, 6.07) is 14.4. The minimum absolute atomic E-state index is 0.160. The minimum Gasteiger partial charge on any atom is -0.481 e. The number of aryl methyl sites for hydroxylation is 1. The Morgan fingerprint density at radius 2 is 1.74 bits per heavy atom. The van der Waals surface area contributed by atoms with E-state index in [1.54, 1.807) is 66.6 Å². The van der Waals surface area contributed by atoms with Gasteiger partial charge in [-0.25, -0.2) is 15.0 Å². The lowest BCUT2D eigenvalue weighted by molar-refractivity contribution is -0.426. The van der Waals surface area contributed by atoms with Crippen molar-refractivity contribution in [1.29, 1.82) is 0 Å². The van der Waals surface area contributed by atoms with E-state index in [1.807, 2.05) is 0 Å². The zero-order valence-corrected chi connectivity index (χ0v) is 22.2. The number of nitrogens with zero attached hydrogens (tertiary/aromatic N) is 3. The molecule has 0 bridgehead atoms. The summed E-state index contributed by atoms with van der Waals surface area (Å²) >= 11 is 13.0. The molecule has 0 fully saturated rings. The van der Waals surface area contributed by atoms with Crippen LogP contribution in [0.4, 0.5) is 13.2 Å². The molecule has 5 rings (SSSR count). The number of hydrogen-bond donors (Lipinski definition) is 1. The van der Waals surface area contributed by atoms with Crippen LogP contribution in [0.1, 0.15) is 33.6 Å². The van der Waals surface area contributed by atoms with E-state index in [-0.39, 0.29) is 12.3 Å². The molecular formula is C28H22Cl2F3N4O2+. The van der Waals surface area contributed by atoms with Crippen molar-refractivity contribution in [3.63, 3.8) is 0 Å². The number of halogens is 5. The number of methoxy groups -OCH3 is 1. The molecule has 0 aliphatic carbocycles. The highest BCUT2D eigenvalue weighted by molar-refractivity contribution is 6.36. The van der Waals surface area contributed by atoms with Crippen LogP contribution in [0.5, 0.6) is 5.88 Å². The fourth-order valence-electron chi connectivity index (χ4n) is 4.60. The van der Waals surface area contributed by atoms with E-state index >= 15 is 0 Å². The number of alkyl halides is 3. The number of rotatable bonds is 6. The van der Waals surface area contributed by atoms with Crippen molar-refractivity contribution in [2.24, 2.45) is 7.05 Å². The molecule has 5 aromatic rings. The maximum Gasteiger partial charge on any atom is 0.477 e. The first-order chi connectivity index (χ1) is 18.5. The summed E-state index contributed by atoms with van der Waals surface area (Å²) < 4.78 is 46.2. The molecule has 0 saturated carbocycles. The molecule has 1 unspecified atom stereocenters. The van der Waals surface area contributed by atoms with Gasteiger partial charge in [0, 0.05) is 41.1 Å². The summed E-state index contributed by atoms with van der Waals surface area (Å²) in [6.45, 7) is 0. The molecule has 3 aromatic heterocycles. The van der Waals surface area contributed by atoms with Gasteiger partial charge in [0.2, 0.25) is 5.88 Å². The predicted octanol–water partition coefficient (Wildman–Crippen LogP) is 5.99. The van der Waals surface area contributed by atoms with Gasteiger partial charge in [-0.3, -0.25) is 0 Å². The third kappa shape index (κ3) is 4.93. The monoisotopic (exact) mass is 573 g/mol. The predicted molar refractivity (Wildman–Crippen MR) is 141 cm³/mol. The number of hydrogen-bond acceptors (Lipinski definition) is 4. The zero-order chi connectivity index (χ0) is 27.9. The smallest absolute Gasteiger partial charge is 0.477 e. The maximum atomic E-state index is 13.0. The topological polar surface area (TPSA) is 74.3 Å². The fourth-order valence-corrected chi connectivity index (χ4v) is 5.02. The van der Waals surface area contributed by atoms with Crippen LogP contribution in [0.15, 0.2) is 73.3 Å². The van der Waals surface area contributed by atoms with E-state index in [0.717, 1.165) is 6.07 Å². The number of aromatic amines is 1. The lowest BCUT2D eigenvalue weighted by Crippen LogP contribution is -2.31. The summed E-state index contributed by atoms with van der Waals surface area (Å²) in [7, 11) is 3.23. The molecule has 11 heteroatoms. The number of benzene rings is 2. The van der Waals surface area contributed by atoms with E-state index in [4.69, 9.17) is 27.9 Å². The number of nitrogens with one attached hydrogen (secondary N) is 1. The Balaban J connectivity index is 1.65. The standard InChI is InChI=1S/C28H21Cl2F3N4O2/c1-37-15-34-14-24(37)27(38,17-4-7-19(29)8-5-17)18-6-9-22-20(12-18)25(30)21(26(36-22)39-2)11-16-3-10-23(35-13-16)28(31,32)33/h3-10,12-15,38H,11H2,1-2H3/p+1. The molecule has 0 spiro atoms. The first kappa shape index (κ1) is 26.9. The summed E-state index contributed by atoms with van der Waals surface area (Å²) in [6.07, 6.45) is 0.131. The molecule has 2 aromatic carbocycles. The number of aromatic nitrogens is 4. The highest BCUT2D eigenvalue weighted by atomic mass is 35.5. The number of pyridine rings is 2. The van der Waals surface area contributed by atoms with Gasteiger partial charge in [-0.2, -0.15) is 13.2 Å². The van der Waals surface area contributed by atoms with Crippen LogP contribution in [0.25, 0.3) is 10.9 Å². The molecule has 200 valence electrons. The van der Waals surface area contributed by atoms with Crippen molar-refractivity contribution in [3.8, 4) is 5.88 Å². The Kier molecular flexibility index (Phi) is 7.00. The first-order valence-corrected chi connectivity index (χ1v) is 12.5. The summed E-state index contributed by atoms with van der Waals surface area (Å²) in [4.78, 5) is 11.1. The molecule has 2 N–H and O–H groups in total. The minimum atomic E-state index is -4.48. The summed E-state index contributed by atoms with van der Waals surface area (Å²) in [5.74, 6) is 0.250.